The summed E-state index contributed by atoms with van der Waals surface area (Å²) in [4.78, 5) is 10.4. The number of thiophene rings is 1. The zero-order valence-electron chi connectivity index (χ0n) is 21.1. The molecule has 4 aromatic rings. The Morgan fingerprint density at radius 2 is 1.86 bits per heavy atom. The summed E-state index contributed by atoms with van der Waals surface area (Å²) in [5.41, 5.74) is 6.17. The molecule has 0 saturated heterocycles. The number of para-hydroxylation sites is 1. The predicted octanol–water partition coefficient (Wildman–Crippen LogP) is 6.75. The maximum Gasteiger partial charge on any atom is 0.230 e. The molecule has 0 N–H and O–H groups in total. The molecule has 1 aliphatic rings. The predicted molar refractivity (Wildman–Crippen MR) is 141 cm³/mol. The minimum Gasteiger partial charge on any atom is -0.493 e. The minimum atomic E-state index is 0.217. The van der Waals surface area contributed by atoms with Crippen molar-refractivity contribution in [2.75, 3.05) is 20.8 Å². The Balaban J connectivity index is 1.52. The van der Waals surface area contributed by atoms with Gasteiger partial charge in [0.1, 0.15) is 5.76 Å². The molecule has 2 aromatic carbocycles. The van der Waals surface area contributed by atoms with E-state index in [4.69, 9.17) is 18.9 Å². The van der Waals surface area contributed by atoms with E-state index in [0.717, 1.165) is 42.9 Å². The first kappa shape index (κ1) is 23.6. The van der Waals surface area contributed by atoms with Crippen molar-refractivity contribution in [2.45, 2.75) is 46.2 Å². The highest BCUT2D eigenvalue weighted by Gasteiger charge is 2.33. The molecule has 5 rings (SSSR count). The topological polar surface area (TPSA) is 47.7 Å². The van der Waals surface area contributed by atoms with E-state index in [1.165, 1.54) is 20.9 Å². The highest BCUT2D eigenvalue weighted by atomic mass is 32.1. The van der Waals surface area contributed by atoms with E-state index in [9.17, 15) is 0 Å². The Bertz CT molecular complexity index is 1330. The van der Waals surface area contributed by atoms with Gasteiger partial charge in [0.2, 0.25) is 5.89 Å². The normalized spacial score (nSPS) is 15.7. The fourth-order valence-electron chi connectivity index (χ4n) is 5.26. The third kappa shape index (κ3) is 4.26. The van der Waals surface area contributed by atoms with E-state index in [1.807, 2.05) is 36.5 Å². The molecule has 2 aromatic heterocycles. The Labute approximate surface area is 211 Å². The van der Waals surface area contributed by atoms with Gasteiger partial charge < -0.3 is 13.9 Å². The van der Waals surface area contributed by atoms with Gasteiger partial charge >= 0.3 is 0 Å². The monoisotopic (exact) mass is 488 g/mol. The summed E-state index contributed by atoms with van der Waals surface area (Å²) >= 11 is 1.96. The molecule has 0 fully saturated rings. The van der Waals surface area contributed by atoms with E-state index in [2.05, 4.69) is 49.1 Å². The maximum absolute atomic E-state index is 6.16. The van der Waals surface area contributed by atoms with Crippen LogP contribution in [-0.4, -0.2) is 30.6 Å². The van der Waals surface area contributed by atoms with Gasteiger partial charge in [0.05, 0.1) is 31.5 Å². The summed E-state index contributed by atoms with van der Waals surface area (Å²) in [7, 11) is 3.28. The van der Waals surface area contributed by atoms with Gasteiger partial charge in [-0.1, -0.05) is 43.3 Å². The summed E-state index contributed by atoms with van der Waals surface area (Å²) in [6.07, 6.45) is 2.16. The van der Waals surface area contributed by atoms with Gasteiger partial charge in [-0.25, -0.2) is 4.98 Å². The standard InChI is InChI=1S/C29H32N2O3S/c1-6-21-19(3)35-28-22(21)15-16-31(26(28)20-11-8-7-9-12-20)17-24-18(2)34-29(30-24)23-13-10-14-25(32-4)27(23)33-5/h7-14,26H,6,15-17H2,1-5H3. The van der Waals surface area contributed by atoms with E-state index in [1.54, 1.807) is 19.8 Å². The van der Waals surface area contributed by atoms with Crippen molar-refractivity contribution in [3.8, 4) is 23.0 Å². The molecule has 1 unspecified atom stereocenters. The van der Waals surface area contributed by atoms with Crippen LogP contribution in [0, 0.1) is 13.8 Å². The second-order valence-electron chi connectivity index (χ2n) is 8.93. The van der Waals surface area contributed by atoms with E-state index in [0.29, 0.717) is 17.4 Å². The van der Waals surface area contributed by atoms with Crippen LogP contribution in [0.4, 0.5) is 0 Å². The molecule has 0 spiro atoms. The van der Waals surface area contributed by atoms with Crippen LogP contribution in [0.25, 0.3) is 11.5 Å². The maximum atomic E-state index is 6.16. The summed E-state index contributed by atoms with van der Waals surface area (Å²) in [6, 6.07) is 16.8. The van der Waals surface area contributed by atoms with Gasteiger partial charge in [-0.2, -0.15) is 0 Å². The van der Waals surface area contributed by atoms with Crippen molar-refractivity contribution < 1.29 is 13.9 Å². The third-order valence-electron chi connectivity index (χ3n) is 6.96. The summed E-state index contributed by atoms with van der Waals surface area (Å²) in [5.74, 6) is 2.69. The molecule has 1 aliphatic heterocycles. The quantitative estimate of drug-likeness (QED) is 0.288. The van der Waals surface area contributed by atoms with Crippen LogP contribution in [0.3, 0.4) is 0 Å². The van der Waals surface area contributed by atoms with Crippen LogP contribution in [0.1, 0.15) is 50.9 Å². The molecule has 1 atom stereocenters. The molecule has 0 saturated carbocycles. The van der Waals surface area contributed by atoms with Crippen LogP contribution < -0.4 is 9.47 Å². The lowest BCUT2D eigenvalue weighted by atomic mass is 9.91. The molecule has 5 nitrogen and oxygen atoms in total. The van der Waals surface area contributed by atoms with Crippen LogP contribution in [0.2, 0.25) is 0 Å². The van der Waals surface area contributed by atoms with Crippen LogP contribution in [0.5, 0.6) is 11.5 Å². The Hall–Kier alpha value is -3.09. The molecule has 0 radical (unpaired) electrons. The second-order valence-corrected chi connectivity index (χ2v) is 10.2. The number of rotatable bonds is 7. The van der Waals surface area contributed by atoms with Gasteiger partial charge in [0.15, 0.2) is 11.5 Å². The number of oxazole rings is 1. The number of fused-ring (bicyclic) bond motifs is 1. The average molecular weight is 489 g/mol. The Kier molecular flexibility index (Phi) is 6.67. The average Bonchev–Trinajstić information content (AvgIpc) is 3.41. The van der Waals surface area contributed by atoms with Gasteiger partial charge in [0, 0.05) is 22.8 Å². The number of hydrogen-bond acceptors (Lipinski definition) is 6. The van der Waals surface area contributed by atoms with Crippen molar-refractivity contribution in [1.29, 1.82) is 0 Å². The lowest BCUT2D eigenvalue weighted by molar-refractivity contribution is 0.204. The lowest BCUT2D eigenvalue weighted by Crippen LogP contribution is -2.35. The van der Waals surface area contributed by atoms with E-state index in [-0.39, 0.29) is 6.04 Å². The summed E-state index contributed by atoms with van der Waals surface area (Å²) in [6.45, 7) is 8.24. The smallest absolute Gasteiger partial charge is 0.230 e. The van der Waals surface area contributed by atoms with Gasteiger partial charge in [-0.15, -0.1) is 11.3 Å². The molecule has 0 amide bonds. The molecule has 35 heavy (non-hydrogen) atoms. The number of hydrogen-bond donors (Lipinski definition) is 0. The number of ether oxygens (including phenoxy) is 2. The van der Waals surface area contributed by atoms with Gasteiger partial charge in [0.25, 0.3) is 0 Å². The zero-order valence-corrected chi connectivity index (χ0v) is 21.9. The first-order valence-electron chi connectivity index (χ1n) is 12.1. The van der Waals surface area contributed by atoms with E-state index >= 15 is 0 Å². The number of methoxy groups -OCH3 is 2. The number of nitrogens with zero attached hydrogens (tertiary/aromatic N) is 2. The largest absolute Gasteiger partial charge is 0.493 e. The molecular formula is C29H32N2O3S. The van der Waals surface area contributed by atoms with Crippen LogP contribution in [0.15, 0.2) is 52.9 Å². The molecule has 6 heteroatoms. The first-order chi connectivity index (χ1) is 17.0. The van der Waals surface area contributed by atoms with Crippen molar-refractivity contribution >= 4 is 11.3 Å². The highest BCUT2D eigenvalue weighted by molar-refractivity contribution is 7.12. The number of aromatic nitrogens is 1. The molecule has 0 aliphatic carbocycles. The first-order valence-corrected chi connectivity index (χ1v) is 12.9. The molecular weight excluding hydrogens is 456 g/mol. The third-order valence-corrected chi connectivity index (χ3v) is 8.20. The van der Waals surface area contributed by atoms with Gasteiger partial charge in [-0.3, -0.25) is 4.90 Å². The van der Waals surface area contributed by atoms with E-state index < -0.39 is 0 Å². The molecule has 0 bridgehead atoms. The van der Waals surface area contributed by atoms with Crippen LogP contribution in [-0.2, 0) is 19.4 Å². The number of benzene rings is 2. The lowest BCUT2D eigenvalue weighted by Gasteiger charge is -2.36. The number of aryl methyl sites for hydroxylation is 2. The minimum absolute atomic E-state index is 0.217. The highest BCUT2D eigenvalue weighted by Crippen LogP contribution is 2.44. The van der Waals surface area contributed by atoms with Crippen molar-refractivity contribution in [1.82, 2.24) is 9.88 Å². The second kappa shape index (κ2) is 9.88. The van der Waals surface area contributed by atoms with Crippen molar-refractivity contribution in [3.05, 3.63) is 86.4 Å². The summed E-state index contributed by atoms with van der Waals surface area (Å²) in [5, 5.41) is 0. The fourth-order valence-corrected chi connectivity index (χ4v) is 6.73. The molecule has 182 valence electrons. The fraction of sp³-hybridized carbons (Fsp3) is 0.345. The molecule has 3 heterocycles. The van der Waals surface area contributed by atoms with Crippen molar-refractivity contribution in [3.63, 3.8) is 0 Å². The Morgan fingerprint density at radius 3 is 2.57 bits per heavy atom. The van der Waals surface area contributed by atoms with Crippen molar-refractivity contribution in [2.24, 2.45) is 0 Å². The van der Waals surface area contributed by atoms with Gasteiger partial charge in [-0.05, 0) is 55.5 Å². The van der Waals surface area contributed by atoms with Crippen LogP contribution >= 0.6 is 11.3 Å². The SMILES string of the molecule is CCc1c(C)sc2c1CCN(Cc1nc(-c3cccc(OC)c3OC)oc1C)C2c1ccccc1. The Morgan fingerprint density at radius 1 is 1.06 bits per heavy atom. The summed E-state index contributed by atoms with van der Waals surface area (Å²) < 4.78 is 17.3. The zero-order chi connectivity index (χ0) is 24.5.